The number of aromatic nitrogens is 1. The molecular weight excluding hydrogens is 328 g/mol. The van der Waals surface area contributed by atoms with Gasteiger partial charge < -0.3 is 19.6 Å². The Morgan fingerprint density at radius 2 is 2.22 bits per heavy atom. The Morgan fingerprint density at radius 1 is 1.48 bits per heavy atom. The fraction of sp³-hybridized carbons (Fsp3) is 0.357. The number of esters is 1. The largest absolute Gasteiger partial charge is 0.467 e. The van der Waals surface area contributed by atoms with Gasteiger partial charge in [0.25, 0.3) is 0 Å². The van der Waals surface area contributed by atoms with E-state index in [1.807, 2.05) is 0 Å². The summed E-state index contributed by atoms with van der Waals surface area (Å²) in [5, 5.41) is 11.8. The Morgan fingerprint density at radius 3 is 2.87 bits per heavy atom. The maximum absolute atomic E-state index is 11.8. The minimum absolute atomic E-state index is 0.0542. The van der Waals surface area contributed by atoms with Crippen molar-refractivity contribution in [3.63, 3.8) is 0 Å². The van der Waals surface area contributed by atoms with Crippen molar-refractivity contribution in [1.82, 2.24) is 9.88 Å². The second-order valence-electron chi connectivity index (χ2n) is 4.71. The number of oxazole rings is 1. The molecule has 0 bridgehead atoms. The van der Waals surface area contributed by atoms with E-state index in [0.29, 0.717) is 16.1 Å². The predicted octanol–water partition coefficient (Wildman–Crippen LogP) is 0.288. The quantitative estimate of drug-likeness (QED) is 0.730. The highest BCUT2D eigenvalue weighted by molar-refractivity contribution is 6.31. The van der Waals surface area contributed by atoms with Crippen LogP contribution in [0.3, 0.4) is 0 Å². The van der Waals surface area contributed by atoms with Crippen LogP contribution in [0.2, 0.25) is 5.02 Å². The van der Waals surface area contributed by atoms with Crippen LogP contribution in [0.5, 0.6) is 0 Å². The molecule has 0 spiro atoms. The molecule has 0 fully saturated rings. The molecule has 0 aliphatic heterocycles. The van der Waals surface area contributed by atoms with Gasteiger partial charge in [-0.2, -0.15) is 0 Å². The van der Waals surface area contributed by atoms with E-state index < -0.39 is 30.3 Å². The number of hydrogen-bond acceptors (Lipinski definition) is 6. The van der Waals surface area contributed by atoms with Crippen LogP contribution in [0, 0.1) is 0 Å². The second kappa shape index (κ2) is 7.30. The average molecular weight is 343 g/mol. The number of carbonyl (C=O) groups excluding carboxylic acids is 2. The lowest BCUT2D eigenvalue weighted by Gasteiger charge is -2.13. The first kappa shape index (κ1) is 17.0. The van der Waals surface area contributed by atoms with Gasteiger partial charge in [-0.3, -0.25) is 9.36 Å². The fourth-order valence-corrected chi connectivity index (χ4v) is 2.22. The summed E-state index contributed by atoms with van der Waals surface area (Å²) in [7, 11) is 1.15. The van der Waals surface area contributed by atoms with Crippen LogP contribution in [-0.2, 0) is 20.9 Å². The minimum Gasteiger partial charge on any atom is -0.467 e. The number of hydrogen-bond donors (Lipinski definition) is 2. The molecule has 0 saturated heterocycles. The first-order chi connectivity index (χ1) is 11.0. The molecule has 2 N–H and O–H groups in total. The molecule has 0 radical (unpaired) electrons. The van der Waals surface area contributed by atoms with E-state index in [2.05, 4.69) is 10.1 Å². The molecule has 124 valence electrons. The number of amides is 1. The summed E-state index contributed by atoms with van der Waals surface area (Å²) in [6.07, 6.45) is -0.0787. The molecule has 1 atom stereocenters. The molecule has 2 aromatic rings. The zero-order valence-electron chi connectivity index (χ0n) is 12.2. The zero-order chi connectivity index (χ0) is 17.0. The van der Waals surface area contributed by atoms with Gasteiger partial charge in [0.15, 0.2) is 11.6 Å². The van der Waals surface area contributed by atoms with Crippen LogP contribution in [0.25, 0.3) is 11.1 Å². The van der Waals surface area contributed by atoms with Gasteiger partial charge in [-0.05, 0) is 12.1 Å². The van der Waals surface area contributed by atoms with Gasteiger partial charge in [-0.15, -0.1) is 0 Å². The van der Waals surface area contributed by atoms with Crippen molar-refractivity contribution in [2.24, 2.45) is 0 Å². The number of aryl methyl sites for hydroxylation is 1. The average Bonchev–Trinajstić information content (AvgIpc) is 2.84. The highest BCUT2D eigenvalue weighted by atomic mass is 35.5. The number of nitrogens with zero attached hydrogens (tertiary/aromatic N) is 1. The molecule has 8 nitrogen and oxygen atoms in total. The normalized spacial score (nSPS) is 12.1. The number of nitrogens with one attached hydrogen (secondary N) is 1. The molecule has 23 heavy (non-hydrogen) atoms. The summed E-state index contributed by atoms with van der Waals surface area (Å²) in [5.74, 6) is -1.87. The first-order valence-corrected chi connectivity index (χ1v) is 7.11. The molecule has 0 aliphatic rings. The summed E-state index contributed by atoms with van der Waals surface area (Å²) in [4.78, 5) is 34.9. The molecule has 0 saturated carbocycles. The second-order valence-corrected chi connectivity index (χ2v) is 5.14. The minimum atomic E-state index is -1.14. The zero-order valence-corrected chi connectivity index (χ0v) is 13.0. The summed E-state index contributed by atoms with van der Waals surface area (Å²) in [6.45, 7) is -0.524. The van der Waals surface area contributed by atoms with Crippen molar-refractivity contribution in [1.29, 1.82) is 0 Å². The number of aliphatic hydroxyl groups is 1. The maximum atomic E-state index is 11.8. The van der Waals surface area contributed by atoms with Gasteiger partial charge in [0.1, 0.15) is 0 Å². The Balaban J connectivity index is 2.06. The first-order valence-electron chi connectivity index (χ1n) is 6.73. The van der Waals surface area contributed by atoms with Gasteiger partial charge in [-0.25, -0.2) is 9.59 Å². The van der Waals surface area contributed by atoms with E-state index in [4.69, 9.17) is 21.1 Å². The smallest absolute Gasteiger partial charge is 0.419 e. The predicted molar refractivity (Wildman–Crippen MR) is 81.1 cm³/mol. The van der Waals surface area contributed by atoms with Crippen molar-refractivity contribution in [2.45, 2.75) is 19.0 Å². The maximum Gasteiger partial charge on any atom is 0.419 e. The summed E-state index contributed by atoms with van der Waals surface area (Å²) >= 11 is 5.82. The van der Waals surface area contributed by atoms with Crippen molar-refractivity contribution < 1.29 is 23.8 Å². The molecule has 1 amide bonds. The topological polar surface area (TPSA) is 111 Å². The van der Waals surface area contributed by atoms with Crippen LogP contribution in [0.1, 0.15) is 6.42 Å². The Labute approximate surface area is 135 Å². The number of aliphatic hydroxyl groups excluding tert-OH is 1. The highest BCUT2D eigenvalue weighted by Gasteiger charge is 2.20. The molecule has 2 rings (SSSR count). The van der Waals surface area contributed by atoms with Gasteiger partial charge in [0, 0.05) is 24.1 Å². The van der Waals surface area contributed by atoms with E-state index >= 15 is 0 Å². The lowest BCUT2D eigenvalue weighted by atomic mass is 10.3. The molecular formula is C14H15ClN2O6. The third-order valence-electron chi connectivity index (χ3n) is 3.20. The Kier molecular flexibility index (Phi) is 5.41. The van der Waals surface area contributed by atoms with Crippen molar-refractivity contribution in [3.8, 4) is 0 Å². The summed E-state index contributed by atoms with van der Waals surface area (Å²) < 4.78 is 10.8. The number of methoxy groups -OCH3 is 1. The molecule has 9 heteroatoms. The van der Waals surface area contributed by atoms with Crippen LogP contribution in [0.15, 0.2) is 27.4 Å². The number of halogens is 1. The number of rotatable bonds is 6. The van der Waals surface area contributed by atoms with Crippen LogP contribution < -0.4 is 11.1 Å². The lowest BCUT2D eigenvalue weighted by Crippen LogP contribution is -2.44. The molecule has 0 aliphatic carbocycles. The lowest BCUT2D eigenvalue weighted by molar-refractivity contribution is -0.146. The van der Waals surface area contributed by atoms with E-state index in [0.717, 1.165) is 7.11 Å². The highest BCUT2D eigenvalue weighted by Crippen LogP contribution is 2.18. The van der Waals surface area contributed by atoms with Crippen molar-refractivity contribution in [2.75, 3.05) is 13.7 Å². The van der Waals surface area contributed by atoms with Gasteiger partial charge >= 0.3 is 11.7 Å². The van der Waals surface area contributed by atoms with Crippen molar-refractivity contribution in [3.05, 3.63) is 33.8 Å². The molecule has 0 unspecified atom stereocenters. The standard InChI is InChI=1S/C14H15ClN2O6/c1-22-13(20)9(7-18)16-12(19)4-5-17-10-3-2-8(15)6-11(10)23-14(17)21/h2-3,6,9,18H,4-5,7H2,1H3,(H,16,19)/t9-/m1/s1. The fourth-order valence-electron chi connectivity index (χ4n) is 2.05. The van der Waals surface area contributed by atoms with Gasteiger partial charge in [0.2, 0.25) is 5.91 Å². The number of benzene rings is 1. The van der Waals surface area contributed by atoms with Crippen LogP contribution in [0.4, 0.5) is 0 Å². The van der Waals surface area contributed by atoms with E-state index in [9.17, 15) is 14.4 Å². The van der Waals surface area contributed by atoms with E-state index in [1.54, 1.807) is 12.1 Å². The van der Waals surface area contributed by atoms with E-state index in [1.165, 1.54) is 10.6 Å². The third kappa shape index (κ3) is 3.91. The Hall–Kier alpha value is -2.32. The van der Waals surface area contributed by atoms with Crippen molar-refractivity contribution >= 4 is 34.6 Å². The molecule has 1 heterocycles. The Bertz CT molecular complexity index is 781. The van der Waals surface area contributed by atoms with E-state index in [-0.39, 0.29) is 13.0 Å². The number of carbonyl (C=O) groups is 2. The number of ether oxygens (including phenoxy) is 1. The SMILES string of the molecule is COC(=O)[C@@H](CO)NC(=O)CCn1c(=O)oc2cc(Cl)ccc21. The molecule has 1 aromatic heterocycles. The third-order valence-corrected chi connectivity index (χ3v) is 3.43. The van der Waals surface area contributed by atoms with Gasteiger partial charge in [0.05, 0.1) is 19.2 Å². The summed E-state index contributed by atoms with van der Waals surface area (Å²) in [6, 6.07) is 3.59. The number of fused-ring (bicyclic) bond motifs is 1. The monoisotopic (exact) mass is 342 g/mol. The summed E-state index contributed by atoms with van der Waals surface area (Å²) in [5.41, 5.74) is 0.838. The van der Waals surface area contributed by atoms with Crippen LogP contribution >= 0.6 is 11.6 Å². The van der Waals surface area contributed by atoms with Gasteiger partial charge in [-0.1, -0.05) is 11.6 Å². The van der Waals surface area contributed by atoms with Crippen LogP contribution in [-0.4, -0.2) is 41.3 Å². The molecule has 1 aromatic carbocycles.